The van der Waals surface area contributed by atoms with E-state index in [0.29, 0.717) is 30.3 Å². The molecule has 3 rings (SSSR count). The van der Waals surface area contributed by atoms with Crippen LogP contribution in [0.1, 0.15) is 24.1 Å². The molecule has 0 radical (unpaired) electrons. The van der Waals surface area contributed by atoms with Gasteiger partial charge in [0.1, 0.15) is 24.9 Å². The van der Waals surface area contributed by atoms with Crippen LogP contribution in [-0.2, 0) is 4.79 Å². The maximum absolute atomic E-state index is 12.4. The maximum Gasteiger partial charge on any atom is 0.262 e. The van der Waals surface area contributed by atoms with Crippen LogP contribution in [-0.4, -0.2) is 19.1 Å². The normalized spacial score (nSPS) is 14.3. The molecule has 1 atom stereocenters. The van der Waals surface area contributed by atoms with Gasteiger partial charge in [0.05, 0.1) is 6.04 Å². The first-order valence-electron chi connectivity index (χ1n) is 8.04. The van der Waals surface area contributed by atoms with Crippen LogP contribution >= 0.6 is 0 Å². The smallest absolute Gasteiger partial charge is 0.262 e. The Hall–Kier alpha value is -3.26. The number of carbonyl (C=O) groups is 1. The summed E-state index contributed by atoms with van der Waals surface area (Å²) in [6.45, 7) is 2.89. The zero-order chi connectivity index (χ0) is 17.6. The molecule has 0 fully saturated rings. The minimum atomic E-state index is -0.409. The molecule has 2 aromatic carbocycles. The fraction of sp³-hybridized carbons (Fsp3) is 0.200. The summed E-state index contributed by atoms with van der Waals surface area (Å²) in [6.07, 6.45) is 1.55. The monoisotopic (exact) mass is 334 g/mol. The lowest BCUT2D eigenvalue weighted by Gasteiger charge is -2.18. The van der Waals surface area contributed by atoms with Gasteiger partial charge in [-0.15, -0.1) is 0 Å². The molecule has 0 saturated carbocycles. The Kier molecular flexibility index (Phi) is 5.00. The van der Waals surface area contributed by atoms with Gasteiger partial charge >= 0.3 is 0 Å². The molecule has 0 aromatic heterocycles. The van der Waals surface area contributed by atoms with Gasteiger partial charge in [-0.1, -0.05) is 36.4 Å². The number of fused-ring (bicyclic) bond motifs is 1. The summed E-state index contributed by atoms with van der Waals surface area (Å²) in [5.41, 5.74) is 1.73. The second-order valence-electron chi connectivity index (χ2n) is 5.68. The number of hydrogen-bond acceptors (Lipinski definition) is 4. The number of rotatable bonds is 4. The number of hydrogen-bond donors (Lipinski definition) is 1. The minimum absolute atomic E-state index is 0.0412. The van der Waals surface area contributed by atoms with E-state index in [1.165, 1.54) is 0 Å². The quantitative estimate of drug-likeness (QED) is 0.688. The van der Waals surface area contributed by atoms with Crippen LogP contribution in [0.4, 0.5) is 0 Å². The highest BCUT2D eigenvalue weighted by molar-refractivity contribution is 6.01. The largest absolute Gasteiger partial charge is 0.486 e. The number of amides is 1. The SMILES string of the molecule is CC(NC(=O)/C(C#N)=C\c1ccc2c(c1)OCCO2)c1ccccc1. The van der Waals surface area contributed by atoms with Gasteiger partial charge in [0.15, 0.2) is 11.5 Å². The predicted molar refractivity (Wildman–Crippen MR) is 94.0 cm³/mol. The summed E-state index contributed by atoms with van der Waals surface area (Å²) in [4.78, 5) is 12.4. The highest BCUT2D eigenvalue weighted by Crippen LogP contribution is 2.31. The van der Waals surface area contributed by atoms with E-state index in [0.717, 1.165) is 5.56 Å². The molecule has 1 amide bonds. The van der Waals surface area contributed by atoms with Crippen molar-refractivity contribution in [2.24, 2.45) is 0 Å². The molecular weight excluding hydrogens is 316 g/mol. The topological polar surface area (TPSA) is 71.4 Å². The third-order valence-electron chi connectivity index (χ3n) is 3.89. The van der Waals surface area contributed by atoms with Gasteiger partial charge in [0.2, 0.25) is 0 Å². The fourth-order valence-corrected chi connectivity index (χ4v) is 2.56. The highest BCUT2D eigenvalue weighted by Gasteiger charge is 2.15. The van der Waals surface area contributed by atoms with E-state index in [1.54, 1.807) is 24.3 Å². The molecule has 25 heavy (non-hydrogen) atoms. The Balaban J connectivity index is 1.76. The van der Waals surface area contributed by atoms with E-state index in [9.17, 15) is 10.1 Å². The van der Waals surface area contributed by atoms with Crippen molar-refractivity contribution >= 4 is 12.0 Å². The zero-order valence-corrected chi connectivity index (χ0v) is 13.9. The number of carbonyl (C=O) groups excluding carboxylic acids is 1. The van der Waals surface area contributed by atoms with E-state index in [4.69, 9.17) is 9.47 Å². The lowest BCUT2D eigenvalue weighted by atomic mass is 10.1. The molecule has 0 bridgehead atoms. The van der Waals surface area contributed by atoms with Gasteiger partial charge in [0, 0.05) is 0 Å². The molecule has 0 spiro atoms. The van der Waals surface area contributed by atoms with Crippen molar-refractivity contribution in [2.75, 3.05) is 13.2 Å². The van der Waals surface area contributed by atoms with Crippen LogP contribution in [0.25, 0.3) is 6.08 Å². The maximum atomic E-state index is 12.4. The molecule has 0 saturated heterocycles. The van der Waals surface area contributed by atoms with Crippen LogP contribution in [0.3, 0.4) is 0 Å². The van der Waals surface area contributed by atoms with Gasteiger partial charge in [-0.3, -0.25) is 4.79 Å². The molecule has 1 N–H and O–H groups in total. The van der Waals surface area contributed by atoms with Gasteiger partial charge < -0.3 is 14.8 Å². The van der Waals surface area contributed by atoms with E-state index in [1.807, 2.05) is 43.3 Å². The number of nitrogens with one attached hydrogen (secondary N) is 1. The molecular formula is C20H18N2O3. The Morgan fingerprint density at radius 3 is 2.60 bits per heavy atom. The molecule has 1 heterocycles. The van der Waals surface area contributed by atoms with E-state index in [2.05, 4.69) is 5.32 Å². The molecule has 1 unspecified atom stereocenters. The Bertz CT molecular complexity index is 838. The van der Waals surface area contributed by atoms with E-state index in [-0.39, 0.29) is 11.6 Å². The lowest BCUT2D eigenvalue weighted by Crippen LogP contribution is -2.27. The van der Waals surface area contributed by atoms with E-state index >= 15 is 0 Å². The van der Waals surface area contributed by atoms with Crippen molar-refractivity contribution in [1.29, 1.82) is 5.26 Å². The van der Waals surface area contributed by atoms with Crippen LogP contribution in [0, 0.1) is 11.3 Å². The first-order chi connectivity index (χ1) is 12.2. The molecule has 2 aromatic rings. The van der Waals surface area contributed by atoms with Crippen LogP contribution in [0.5, 0.6) is 11.5 Å². The molecule has 5 nitrogen and oxygen atoms in total. The lowest BCUT2D eigenvalue weighted by molar-refractivity contribution is -0.117. The Labute approximate surface area is 146 Å². The zero-order valence-electron chi connectivity index (χ0n) is 13.9. The van der Waals surface area contributed by atoms with Crippen molar-refractivity contribution in [1.82, 2.24) is 5.32 Å². The van der Waals surface area contributed by atoms with Crippen molar-refractivity contribution < 1.29 is 14.3 Å². The summed E-state index contributed by atoms with van der Waals surface area (Å²) < 4.78 is 11.0. The summed E-state index contributed by atoms with van der Waals surface area (Å²) in [5, 5.41) is 12.2. The standard InChI is InChI=1S/C20H18N2O3/c1-14(16-5-3-2-4-6-16)22-20(23)17(13-21)11-15-7-8-18-19(12-15)25-10-9-24-18/h2-8,11-12,14H,9-10H2,1H3,(H,22,23)/b17-11-. The second-order valence-corrected chi connectivity index (χ2v) is 5.68. The predicted octanol–water partition coefficient (Wildman–Crippen LogP) is 3.24. The molecule has 1 aliphatic rings. The van der Waals surface area contributed by atoms with Crippen molar-refractivity contribution in [3.8, 4) is 17.6 Å². The van der Waals surface area contributed by atoms with Crippen molar-refractivity contribution in [3.63, 3.8) is 0 Å². The van der Waals surface area contributed by atoms with Gasteiger partial charge in [-0.25, -0.2) is 0 Å². The van der Waals surface area contributed by atoms with Crippen LogP contribution in [0.2, 0.25) is 0 Å². The third-order valence-corrected chi connectivity index (χ3v) is 3.89. The van der Waals surface area contributed by atoms with Gasteiger partial charge in [-0.05, 0) is 36.3 Å². The number of nitriles is 1. The summed E-state index contributed by atoms with van der Waals surface area (Å²) >= 11 is 0. The van der Waals surface area contributed by atoms with Crippen molar-refractivity contribution in [2.45, 2.75) is 13.0 Å². The van der Waals surface area contributed by atoms with Gasteiger partial charge in [-0.2, -0.15) is 5.26 Å². The fourth-order valence-electron chi connectivity index (χ4n) is 2.56. The molecule has 0 aliphatic carbocycles. The molecule has 5 heteroatoms. The minimum Gasteiger partial charge on any atom is -0.486 e. The summed E-state index contributed by atoms with van der Waals surface area (Å²) in [7, 11) is 0. The van der Waals surface area contributed by atoms with Crippen LogP contribution < -0.4 is 14.8 Å². The average molecular weight is 334 g/mol. The second kappa shape index (κ2) is 7.54. The Morgan fingerprint density at radius 2 is 1.88 bits per heavy atom. The average Bonchev–Trinajstić information content (AvgIpc) is 2.66. The van der Waals surface area contributed by atoms with Gasteiger partial charge in [0.25, 0.3) is 5.91 Å². The van der Waals surface area contributed by atoms with E-state index < -0.39 is 5.91 Å². The Morgan fingerprint density at radius 1 is 1.16 bits per heavy atom. The third kappa shape index (κ3) is 3.99. The molecule has 126 valence electrons. The van der Waals surface area contributed by atoms with Crippen LogP contribution in [0.15, 0.2) is 54.1 Å². The summed E-state index contributed by atoms with van der Waals surface area (Å²) in [6, 6.07) is 16.7. The number of nitrogens with zero attached hydrogens (tertiary/aromatic N) is 1. The highest BCUT2D eigenvalue weighted by atomic mass is 16.6. The summed E-state index contributed by atoms with van der Waals surface area (Å²) in [5.74, 6) is 0.883. The number of ether oxygens (including phenoxy) is 2. The first-order valence-corrected chi connectivity index (χ1v) is 8.04. The first kappa shape index (κ1) is 16.6. The molecule has 1 aliphatic heterocycles. The van der Waals surface area contributed by atoms with Crippen molar-refractivity contribution in [3.05, 3.63) is 65.2 Å². The number of benzene rings is 2.